The lowest BCUT2D eigenvalue weighted by Crippen LogP contribution is -2.48. The zero-order chi connectivity index (χ0) is 16.9. The molecule has 1 aromatic carbocycles. The molecule has 1 aliphatic rings. The molecule has 0 saturated carbocycles. The van der Waals surface area contributed by atoms with Crippen molar-refractivity contribution in [3.8, 4) is 0 Å². The highest BCUT2D eigenvalue weighted by atomic mass is 16.2. The summed E-state index contributed by atoms with van der Waals surface area (Å²) >= 11 is 0. The largest absolute Gasteiger partial charge is 0.340 e. The Bertz CT molecular complexity index is 643. The highest BCUT2D eigenvalue weighted by molar-refractivity contribution is 5.81. The molecule has 0 bridgehead atoms. The molecule has 24 heavy (non-hydrogen) atoms. The number of hydrogen-bond acceptors (Lipinski definition) is 4. The molecule has 1 amide bonds. The summed E-state index contributed by atoms with van der Waals surface area (Å²) in [7, 11) is 1.88. The first-order chi connectivity index (χ1) is 11.6. The highest BCUT2D eigenvalue weighted by Crippen LogP contribution is 2.22. The fourth-order valence-electron chi connectivity index (χ4n) is 3.50. The van der Waals surface area contributed by atoms with Gasteiger partial charge < -0.3 is 4.90 Å². The van der Waals surface area contributed by atoms with Crippen LogP contribution in [0.25, 0.3) is 0 Å². The van der Waals surface area contributed by atoms with E-state index in [0.717, 1.165) is 31.5 Å². The zero-order valence-electron chi connectivity index (χ0n) is 14.4. The molecule has 1 aliphatic heterocycles. The standard InChI is InChI=1S/C18H25N5O/c1-15(18(24)21(2)11-16-7-4-3-5-8-16)23-10-6-9-17(23)12-22-14-19-13-20-22/h3-5,7-8,13-15,17H,6,9-12H2,1-2H3/t15-,17+/m0/s1. The lowest BCUT2D eigenvalue weighted by Gasteiger charge is -2.32. The van der Waals surface area contributed by atoms with Crippen molar-refractivity contribution in [2.75, 3.05) is 13.6 Å². The van der Waals surface area contributed by atoms with Crippen LogP contribution in [0.2, 0.25) is 0 Å². The average molecular weight is 327 g/mol. The normalized spacial score (nSPS) is 19.3. The van der Waals surface area contributed by atoms with Crippen molar-refractivity contribution < 1.29 is 4.79 Å². The molecular formula is C18H25N5O. The Hall–Kier alpha value is -2.21. The predicted molar refractivity (Wildman–Crippen MR) is 92.1 cm³/mol. The fraction of sp³-hybridized carbons (Fsp3) is 0.500. The summed E-state index contributed by atoms with van der Waals surface area (Å²) in [4.78, 5) is 21.0. The Morgan fingerprint density at radius 2 is 2.17 bits per heavy atom. The van der Waals surface area contributed by atoms with Crippen molar-refractivity contribution in [3.63, 3.8) is 0 Å². The van der Waals surface area contributed by atoms with E-state index in [1.807, 2.05) is 41.8 Å². The molecule has 0 unspecified atom stereocenters. The van der Waals surface area contributed by atoms with E-state index in [1.54, 1.807) is 12.7 Å². The van der Waals surface area contributed by atoms with Crippen molar-refractivity contribution >= 4 is 5.91 Å². The maximum absolute atomic E-state index is 12.8. The topological polar surface area (TPSA) is 54.3 Å². The molecule has 0 spiro atoms. The lowest BCUT2D eigenvalue weighted by molar-refractivity contribution is -0.136. The SMILES string of the molecule is C[C@@H](C(=O)N(C)Cc1ccccc1)N1CCC[C@@H]1Cn1cncn1. The third-order valence-corrected chi connectivity index (χ3v) is 4.78. The van der Waals surface area contributed by atoms with Gasteiger partial charge in [0.1, 0.15) is 12.7 Å². The number of carbonyl (C=O) groups excluding carboxylic acids is 1. The first-order valence-electron chi connectivity index (χ1n) is 8.52. The van der Waals surface area contributed by atoms with Gasteiger partial charge in [-0.15, -0.1) is 0 Å². The van der Waals surface area contributed by atoms with Crippen molar-refractivity contribution in [3.05, 3.63) is 48.5 Å². The second-order valence-electron chi connectivity index (χ2n) is 6.51. The van der Waals surface area contributed by atoms with Crippen LogP contribution in [0, 0.1) is 0 Å². The van der Waals surface area contributed by atoms with Gasteiger partial charge in [-0.2, -0.15) is 5.10 Å². The van der Waals surface area contributed by atoms with E-state index in [-0.39, 0.29) is 11.9 Å². The van der Waals surface area contributed by atoms with E-state index in [1.165, 1.54) is 0 Å². The first-order valence-corrected chi connectivity index (χ1v) is 8.52. The molecule has 2 atom stereocenters. The third kappa shape index (κ3) is 3.82. The zero-order valence-corrected chi connectivity index (χ0v) is 14.4. The Morgan fingerprint density at radius 3 is 2.88 bits per heavy atom. The van der Waals surface area contributed by atoms with Crippen LogP contribution in [0.15, 0.2) is 43.0 Å². The number of likely N-dealkylation sites (tertiary alicyclic amines) is 1. The number of hydrogen-bond donors (Lipinski definition) is 0. The number of nitrogens with zero attached hydrogens (tertiary/aromatic N) is 5. The Kier molecular flexibility index (Phi) is 5.25. The molecular weight excluding hydrogens is 302 g/mol. The molecule has 1 fully saturated rings. The molecule has 2 aromatic rings. The molecule has 6 nitrogen and oxygen atoms in total. The van der Waals surface area contributed by atoms with Gasteiger partial charge in [0.05, 0.1) is 12.6 Å². The summed E-state index contributed by atoms with van der Waals surface area (Å²) in [5, 5.41) is 4.19. The minimum Gasteiger partial charge on any atom is -0.340 e. The van der Waals surface area contributed by atoms with Crippen LogP contribution >= 0.6 is 0 Å². The maximum atomic E-state index is 12.8. The molecule has 3 rings (SSSR count). The van der Waals surface area contributed by atoms with Gasteiger partial charge in [0.2, 0.25) is 5.91 Å². The van der Waals surface area contributed by atoms with Gasteiger partial charge in [-0.1, -0.05) is 30.3 Å². The second-order valence-corrected chi connectivity index (χ2v) is 6.51. The number of rotatable bonds is 6. The van der Waals surface area contributed by atoms with E-state index < -0.39 is 0 Å². The quantitative estimate of drug-likeness (QED) is 0.812. The first kappa shape index (κ1) is 16.6. The van der Waals surface area contributed by atoms with E-state index in [2.05, 4.69) is 27.1 Å². The van der Waals surface area contributed by atoms with Crippen LogP contribution < -0.4 is 0 Å². The minimum atomic E-state index is -0.116. The Morgan fingerprint density at radius 1 is 1.38 bits per heavy atom. The fourth-order valence-corrected chi connectivity index (χ4v) is 3.50. The van der Waals surface area contributed by atoms with Crippen LogP contribution in [-0.4, -0.2) is 56.1 Å². The molecule has 0 N–H and O–H groups in total. The third-order valence-electron chi connectivity index (χ3n) is 4.78. The van der Waals surface area contributed by atoms with Gasteiger partial charge in [0.25, 0.3) is 0 Å². The van der Waals surface area contributed by atoms with Gasteiger partial charge in [-0.3, -0.25) is 14.4 Å². The van der Waals surface area contributed by atoms with Crippen molar-refractivity contribution in [2.24, 2.45) is 0 Å². The van der Waals surface area contributed by atoms with Crippen LogP contribution in [0.4, 0.5) is 0 Å². The molecule has 1 aromatic heterocycles. The van der Waals surface area contributed by atoms with Gasteiger partial charge in [-0.05, 0) is 31.9 Å². The van der Waals surface area contributed by atoms with Crippen LogP contribution in [0.5, 0.6) is 0 Å². The van der Waals surface area contributed by atoms with Gasteiger partial charge >= 0.3 is 0 Å². The molecule has 0 aliphatic carbocycles. The molecule has 1 saturated heterocycles. The highest BCUT2D eigenvalue weighted by Gasteiger charge is 2.33. The molecule has 6 heteroatoms. The van der Waals surface area contributed by atoms with Gasteiger partial charge in [0, 0.05) is 19.6 Å². The molecule has 2 heterocycles. The second kappa shape index (κ2) is 7.57. The van der Waals surface area contributed by atoms with E-state index in [4.69, 9.17) is 0 Å². The summed E-state index contributed by atoms with van der Waals surface area (Å²) in [6.07, 6.45) is 5.52. The monoisotopic (exact) mass is 327 g/mol. The van der Waals surface area contributed by atoms with Gasteiger partial charge in [0.15, 0.2) is 0 Å². The Labute approximate surface area is 143 Å². The molecule has 128 valence electrons. The number of amides is 1. The molecule has 0 radical (unpaired) electrons. The number of aromatic nitrogens is 3. The van der Waals surface area contributed by atoms with E-state index in [9.17, 15) is 4.79 Å². The van der Waals surface area contributed by atoms with E-state index >= 15 is 0 Å². The van der Waals surface area contributed by atoms with Crippen LogP contribution in [-0.2, 0) is 17.9 Å². The number of benzene rings is 1. The van der Waals surface area contributed by atoms with Crippen molar-refractivity contribution in [1.29, 1.82) is 0 Å². The summed E-state index contributed by atoms with van der Waals surface area (Å²) in [5.74, 6) is 0.171. The summed E-state index contributed by atoms with van der Waals surface area (Å²) in [5.41, 5.74) is 1.15. The minimum absolute atomic E-state index is 0.116. The summed E-state index contributed by atoms with van der Waals surface area (Å²) < 4.78 is 1.86. The van der Waals surface area contributed by atoms with Crippen LogP contribution in [0.3, 0.4) is 0 Å². The maximum Gasteiger partial charge on any atom is 0.239 e. The summed E-state index contributed by atoms with van der Waals surface area (Å²) in [6, 6.07) is 10.3. The smallest absolute Gasteiger partial charge is 0.239 e. The number of carbonyl (C=O) groups is 1. The van der Waals surface area contributed by atoms with Crippen molar-refractivity contribution in [1.82, 2.24) is 24.6 Å². The summed E-state index contributed by atoms with van der Waals surface area (Å²) in [6.45, 7) is 4.42. The van der Waals surface area contributed by atoms with E-state index in [0.29, 0.717) is 12.6 Å². The Balaban J connectivity index is 1.61. The predicted octanol–water partition coefficient (Wildman–Crippen LogP) is 1.79. The number of likely N-dealkylation sites (N-methyl/N-ethyl adjacent to an activating group) is 1. The van der Waals surface area contributed by atoms with Gasteiger partial charge in [-0.25, -0.2) is 4.98 Å². The van der Waals surface area contributed by atoms with Crippen LogP contribution in [0.1, 0.15) is 25.3 Å². The average Bonchev–Trinajstić information content (AvgIpc) is 3.27. The lowest BCUT2D eigenvalue weighted by atomic mass is 10.1. The van der Waals surface area contributed by atoms with Crippen molar-refractivity contribution in [2.45, 2.75) is 44.9 Å².